The molecule has 6 nitrogen and oxygen atoms in total. The van der Waals surface area contributed by atoms with Gasteiger partial charge < -0.3 is 14.4 Å². The lowest BCUT2D eigenvalue weighted by Gasteiger charge is -2.32. The van der Waals surface area contributed by atoms with Gasteiger partial charge in [0.15, 0.2) is 0 Å². The minimum absolute atomic E-state index is 0.440. The zero-order valence-corrected chi connectivity index (χ0v) is 13.6. The first-order valence-corrected chi connectivity index (χ1v) is 9.52. The number of methoxy groups -OCH3 is 2. The average Bonchev–Trinajstić information content (AvgIpc) is 2.31. The fraction of sp³-hybridized carbons (Fsp3) is 0.750. The predicted molar refractivity (Wildman–Crippen MR) is 73.3 cm³/mol. The molecule has 0 saturated carbocycles. The highest BCUT2D eigenvalue weighted by molar-refractivity contribution is 6.81. The monoisotopic (exact) mass is 289 g/mol. The van der Waals surface area contributed by atoms with E-state index in [1.807, 2.05) is 19.6 Å². The first-order valence-electron chi connectivity index (χ1n) is 5.94. The molecule has 2 atom stereocenters. The van der Waals surface area contributed by atoms with E-state index < -0.39 is 37.4 Å². The Morgan fingerprint density at radius 3 is 1.63 bits per heavy atom. The van der Waals surface area contributed by atoms with Crippen LogP contribution in [0.5, 0.6) is 0 Å². The molecule has 0 N–H and O–H groups in total. The minimum Gasteiger partial charge on any atom is -0.469 e. The van der Waals surface area contributed by atoms with Gasteiger partial charge in [-0.05, 0) is 0 Å². The number of rotatable bonds is 5. The van der Waals surface area contributed by atoms with Crippen molar-refractivity contribution in [3.63, 3.8) is 0 Å². The van der Waals surface area contributed by atoms with Gasteiger partial charge in [-0.3, -0.25) is 14.4 Å². The number of nitrogens with zero attached hydrogens (tertiary/aromatic N) is 1. The van der Waals surface area contributed by atoms with Gasteiger partial charge in [-0.15, -0.1) is 0 Å². The Hall–Kier alpha value is -1.37. The molecular weight excluding hydrogens is 266 g/mol. The molecule has 0 heterocycles. The van der Waals surface area contributed by atoms with Gasteiger partial charge >= 0.3 is 11.9 Å². The van der Waals surface area contributed by atoms with Gasteiger partial charge in [-0.1, -0.05) is 19.6 Å². The number of esters is 2. The Kier molecular flexibility index (Phi) is 6.21. The van der Waals surface area contributed by atoms with Gasteiger partial charge in [0, 0.05) is 14.1 Å². The molecule has 0 radical (unpaired) electrons. The smallest absolute Gasteiger partial charge is 0.318 e. The van der Waals surface area contributed by atoms with Crippen molar-refractivity contribution < 1.29 is 23.9 Å². The number of hydrogen-bond donors (Lipinski definition) is 0. The number of amides is 1. The van der Waals surface area contributed by atoms with E-state index in [9.17, 15) is 14.4 Å². The zero-order chi connectivity index (χ0) is 15.4. The van der Waals surface area contributed by atoms with Gasteiger partial charge in [0.25, 0.3) is 0 Å². The number of carbonyl (C=O) groups excluding carboxylic acids is 3. The summed E-state index contributed by atoms with van der Waals surface area (Å²) in [5.74, 6) is -2.81. The number of carbonyl (C=O) groups is 3. The van der Waals surface area contributed by atoms with Crippen molar-refractivity contribution >= 4 is 25.9 Å². The lowest BCUT2D eigenvalue weighted by Crippen LogP contribution is -2.48. The molecule has 0 fully saturated rings. The fourth-order valence-electron chi connectivity index (χ4n) is 1.90. The summed E-state index contributed by atoms with van der Waals surface area (Å²) in [4.78, 5) is 37.4. The van der Waals surface area contributed by atoms with Gasteiger partial charge in [-0.2, -0.15) is 0 Å². The van der Waals surface area contributed by atoms with Crippen molar-refractivity contribution in [3.8, 4) is 0 Å². The van der Waals surface area contributed by atoms with Crippen molar-refractivity contribution in [2.45, 2.75) is 25.2 Å². The third-order valence-corrected chi connectivity index (χ3v) is 5.32. The minimum atomic E-state index is -2.14. The molecule has 0 aromatic rings. The molecule has 0 aliphatic heterocycles. The Balaban J connectivity index is 5.70. The van der Waals surface area contributed by atoms with E-state index in [1.54, 1.807) is 0 Å². The molecule has 0 bridgehead atoms. The van der Waals surface area contributed by atoms with E-state index in [1.165, 1.54) is 33.2 Å². The molecule has 0 saturated heterocycles. The fourth-order valence-corrected chi connectivity index (χ4v) is 4.00. The maximum absolute atomic E-state index is 12.2. The van der Waals surface area contributed by atoms with Crippen LogP contribution in [0.15, 0.2) is 0 Å². The lowest BCUT2D eigenvalue weighted by molar-refractivity contribution is -0.158. The average molecular weight is 289 g/mol. The summed E-state index contributed by atoms with van der Waals surface area (Å²) in [5, 5.41) is 0. The molecular formula is C12H23NO5Si. The van der Waals surface area contributed by atoms with E-state index in [2.05, 4.69) is 4.74 Å². The zero-order valence-electron chi connectivity index (χ0n) is 12.6. The Bertz CT molecular complexity index is 362. The van der Waals surface area contributed by atoms with Crippen LogP contribution in [-0.4, -0.2) is 59.1 Å². The molecule has 0 aromatic carbocycles. The Morgan fingerprint density at radius 2 is 1.37 bits per heavy atom. The largest absolute Gasteiger partial charge is 0.469 e. The highest BCUT2D eigenvalue weighted by Gasteiger charge is 2.48. The third-order valence-electron chi connectivity index (χ3n) is 2.88. The van der Waals surface area contributed by atoms with E-state index in [0.717, 1.165) is 0 Å². The highest BCUT2D eigenvalue weighted by atomic mass is 28.3. The van der Waals surface area contributed by atoms with Crippen LogP contribution in [0.25, 0.3) is 0 Å². The molecule has 0 spiro atoms. The predicted octanol–water partition coefficient (Wildman–Crippen LogP) is 0.745. The maximum Gasteiger partial charge on any atom is 0.318 e. The third kappa shape index (κ3) is 4.34. The van der Waals surface area contributed by atoms with E-state index in [-0.39, 0.29) is 0 Å². The first kappa shape index (κ1) is 17.6. The van der Waals surface area contributed by atoms with E-state index in [0.29, 0.717) is 0 Å². The molecule has 0 aliphatic rings. The summed E-state index contributed by atoms with van der Waals surface area (Å²) < 4.78 is 9.44. The molecule has 19 heavy (non-hydrogen) atoms. The van der Waals surface area contributed by atoms with Crippen LogP contribution >= 0.6 is 0 Å². The SMILES string of the molecule is COC(=O)C(C(=O)N(C)C)C(C(=O)OC)[Si](C)(C)C. The van der Waals surface area contributed by atoms with Gasteiger partial charge in [0.05, 0.1) is 27.8 Å². The maximum atomic E-state index is 12.2. The Labute approximate surface area is 115 Å². The molecule has 7 heteroatoms. The first-order chi connectivity index (χ1) is 8.57. The number of ether oxygens (including phenoxy) is 2. The van der Waals surface area contributed by atoms with Gasteiger partial charge in [0.1, 0.15) is 5.92 Å². The summed E-state index contributed by atoms with van der Waals surface area (Å²) in [6.45, 7) is 5.73. The quantitative estimate of drug-likeness (QED) is 0.424. The van der Waals surface area contributed by atoms with Crippen molar-refractivity contribution in [3.05, 3.63) is 0 Å². The van der Waals surface area contributed by atoms with Crippen molar-refractivity contribution in [2.75, 3.05) is 28.3 Å². The summed E-state index contributed by atoms with van der Waals surface area (Å²) in [5.41, 5.74) is -0.764. The van der Waals surface area contributed by atoms with E-state index in [4.69, 9.17) is 4.74 Å². The number of hydrogen-bond acceptors (Lipinski definition) is 5. The van der Waals surface area contributed by atoms with E-state index >= 15 is 0 Å². The highest BCUT2D eigenvalue weighted by Crippen LogP contribution is 2.33. The Morgan fingerprint density at radius 1 is 0.947 bits per heavy atom. The normalized spacial score (nSPS) is 14.3. The van der Waals surface area contributed by atoms with Crippen LogP contribution in [0, 0.1) is 5.92 Å². The van der Waals surface area contributed by atoms with Crippen LogP contribution in [0.1, 0.15) is 0 Å². The van der Waals surface area contributed by atoms with Crippen LogP contribution < -0.4 is 0 Å². The lowest BCUT2D eigenvalue weighted by atomic mass is 10.0. The second kappa shape index (κ2) is 6.69. The van der Waals surface area contributed by atoms with Crippen molar-refractivity contribution in [1.29, 1.82) is 0 Å². The molecule has 110 valence electrons. The molecule has 0 aromatic heterocycles. The summed E-state index contributed by atoms with van der Waals surface area (Å²) >= 11 is 0. The topological polar surface area (TPSA) is 72.9 Å². The van der Waals surface area contributed by atoms with Crippen molar-refractivity contribution in [1.82, 2.24) is 4.90 Å². The molecule has 1 amide bonds. The summed E-state index contributed by atoms with van der Waals surface area (Å²) in [7, 11) is 3.39. The van der Waals surface area contributed by atoms with Crippen LogP contribution in [0.3, 0.4) is 0 Å². The second-order valence-corrected chi connectivity index (χ2v) is 11.0. The summed E-state index contributed by atoms with van der Waals surface area (Å²) in [6, 6.07) is 0. The molecule has 0 aliphatic carbocycles. The summed E-state index contributed by atoms with van der Waals surface area (Å²) in [6.07, 6.45) is 0. The van der Waals surface area contributed by atoms with Crippen LogP contribution in [0.4, 0.5) is 0 Å². The standard InChI is InChI=1S/C12H23NO5Si/c1-13(2)10(14)8(11(15)17-3)9(12(16)18-4)19(5,6)7/h8-9H,1-7H3. The van der Waals surface area contributed by atoms with Gasteiger partial charge in [-0.25, -0.2) is 0 Å². The second-order valence-electron chi connectivity index (χ2n) is 5.60. The molecule has 0 rings (SSSR count). The van der Waals surface area contributed by atoms with Crippen LogP contribution in [-0.2, 0) is 23.9 Å². The van der Waals surface area contributed by atoms with Crippen molar-refractivity contribution in [2.24, 2.45) is 5.92 Å². The molecule has 2 unspecified atom stereocenters. The van der Waals surface area contributed by atoms with Gasteiger partial charge in [0.2, 0.25) is 5.91 Å². The van der Waals surface area contributed by atoms with Crippen LogP contribution in [0.2, 0.25) is 25.2 Å².